The third kappa shape index (κ3) is 20.6. The Hall–Kier alpha value is -13.0. The van der Waals surface area contributed by atoms with Crippen LogP contribution in [0, 0.1) is 9.28 Å². The fourth-order valence-electron chi connectivity index (χ4n) is 12.2. The van der Waals surface area contributed by atoms with E-state index in [4.69, 9.17) is 43.8 Å². The minimum absolute atomic E-state index is 0.108. The number of aliphatic carboxylic acids is 1. The number of hydrogen-bond donors (Lipinski definition) is 1. The average molecular weight is 1680 g/mol. The summed E-state index contributed by atoms with van der Waals surface area (Å²) in [4.78, 5) is 211. The van der Waals surface area contributed by atoms with Crippen molar-refractivity contribution < 1.29 is 48.1 Å². The highest BCUT2D eigenvalue weighted by atomic mass is 32.1. The lowest BCUT2D eigenvalue weighted by molar-refractivity contribution is -0.155. The third-order valence-corrected chi connectivity index (χ3v) is 19.3. The van der Waals surface area contributed by atoms with E-state index in [-0.39, 0.29) is 87.8 Å². The predicted octanol–water partition coefficient (Wildman–Crippen LogP) is 0.192. The zero-order valence-corrected chi connectivity index (χ0v) is 70.7. The highest BCUT2D eigenvalue weighted by Gasteiger charge is 2.23. The van der Waals surface area contributed by atoms with Crippen molar-refractivity contribution >= 4 is 127 Å². The number of nitrogens with zero attached hydrogens (tertiary/aromatic N) is 24. The molecule has 0 amide bonds. The molecule has 0 aromatic carbocycles. The number of ketones is 2. The number of imidazole rings is 6. The monoisotopic (exact) mass is 1680 g/mol. The van der Waals surface area contributed by atoms with Crippen molar-refractivity contribution in [2.24, 2.45) is 84.6 Å². The van der Waals surface area contributed by atoms with E-state index in [0.29, 0.717) is 121 Å². The molecule has 0 spiro atoms. The van der Waals surface area contributed by atoms with E-state index in [9.17, 15) is 76.7 Å². The maximum atomic E-state index is 12.2. The molecule has 0 unspecified atom stereocenters. The number of hydrogen-bond acceptors (Lipinski definition) is 27. The number of rotatable bonds is 22. The minimum atomic E-state index is -1.08. The maximum Gasteiger partial charge on any atom is 0.332 e. The van der Waals surface area contributed by atoms with Crippen LogP contribution in [0.15, 0.2) is 85.9 Å². The summed E-state index contributed by atoms with van der Waals surface area (Å²) in [6.45, 7) is 14.4. The maximum absolute atomic E-state index is 12.2. The smallest absolute Gasteiger partial charge is 0.332 e. The molecule has 0 aliphatic rings. The first-order chi connectivity index (χ1) is 55.3. The number of ether oxygens (including phenoxy) is 3. The zero-order chi connectivity index (χ0) is 88.1. The third-order valence-electron chi connectivity index (χ3n) is 18.4. The van der Waals surface area contributed by atoms with Crippen LogP contribution in [0.2, 0.25) is 0 Å². The van der Waals surface area contributed by atoms with Gasteiger partial charge in [-0.2, -0.15) is 0 Å². The van der Waals surface area contributed by atoms with Crippen LogP contribution >= 0.6 is 24.4 Å². The van der Waals surface area contributed by atoms with Gasteiger partial charge >= 0.3 is 58.0 Å². The van der Waals surface area contributed by atoms with Crippen molar-refractivity contribution in [3.05, 3.63) is 152 Å². The number of esters is 3. The zero-order valence-electron chi connectivity index (χ0n) is 69.0. The normalized spacial score (nSPS) is 11.2. The second kappa shape index (κ2) is 39.1. The summed E-state index contributed by atoms with van der Waals surface area (Å²) in [5.74, 6) is -1.75. The van der Waals surface area contributed by atoms with Crippen molar-refractivity contribution in [2.45, 2.75) is 145 Å². The molecule has 0 atom stereocenters. The summed E-state index contributed by atoms with van der Waals surface area (Å²) in [5.41, 5.74) is 0.281. The second-order valence-electron chi connectivity index (χ2n) is 28.2. The van der Waals surface area contributed by atoms with Crippen LogP contribution in [0.3, 0.4) is 0 Å². The molecule has 44 nitrogen and oxygen atoms in total. The standard InChI is InChI=1S/2C13H18N4O4.C13H18N4O3S.C12H16N4O3.C12H16N4O2S.C9H10N4O4/c1-13(2,3)21-8(18)6-17-7-14-10-9(17)11(19)16(5)12(20)15(10)4;1-4-21-9(18)6-5-7-17-8-14-11-10(17)12(19)16(3)13(20)15(11)2;1-4-20-9(18)6-5-7-17-8-14-11-10(17)12(21)16(3)13(19)15(11)2;1-8(17)5-4-6-16-7-13-10-9(16)11(18)15(3)12(19)14(10)2;1-8(17)5-4-6-16-7-13-10-9(16)11(19)15(3)12(18)14(10)2;1-11-7-6(8(16)12(2)9(11)17)13(4-10-7)3-5(14)15/h7H,6H2,1-5H3;2*8H,4-7H2,1-3H3;2*7H,4-6H2,1-3H3;4H,3H2,1-2H3,(H,14,15). The molecule has 0 aliphatic heterocycles. The average Bonchev–Trinajstić information content (AvgIpc) is 1.64. The van der Waals surface area contributed by atoms with Gasteiger partial charge in [0.1, 0.15) is 50.6 Å². The van der Waals surface area contributed by atoms with Gasteiger partial charge in [0.15, 0.2) is 55.9 Å². The van der Waals surface area contributed by atoms with E-state index in [2.05, 4.69) is 29.9 Å². The molecular formula is C72H96N24O20S2. The molecule has 12 rings (SSSR count). The number of fused-ring (bicyclic) bond motifs is 6. The summed E-state index contributed by atoms with van der Waals surface area (Å²) < 4.78 is 40.6. The number of carboxylic acids is 1. The summed E-state index contributed by atoms with van der Waals surface area (Å²) in [6, 6.07) is 0. The van der Waals surface area contributed by atoms with Crippen LogP contribution in [0.5, 0.6) is 0 Å². The first kappa shape index (κ1) is 92.1. The highest BCUT2D eigenvalue weighted by molar-refractivity contribution is 7.71. The lowest BCUT2D eigenvalue weighted by Gasteiger charge is -2.19. The molecule has 12 heterocycles. The van der Waals surface area contributed by atoms with Gasteiger partial charge in [0.25, 0.3) is 22.2 Å². The van der Waals surface area contributed by atoms with E-state index in [1.807, 2.05) is 9.13 Å². The summed E-state index contributed by atoms with van der Waals surface area (Å²) in [5, 5.41) is 8.70. The van der Waals surface area contributed by atoms with E-state index in [1.165, 1.54) is 120 Å². The van der Waals surface area contributed by atoms with E-state index < -0.39 is 51.4 Å². The molecule has 0 fully saturated rings. The highest BCUT2D eigenvalue weighted by Crippen LogP contribution is 2.17. The van der Waals surface area contributed by atoms with Crippen molar-refractivity contribution in [3.8, 4) is 0 Å². The first-order valence-corrected chi connectivity index (χ1v) is 37.6. The topological polar surface area (TPSA) is 487 Å². The van der Waals surface area contributed by atoms with Gasteiger partial charge in [-0.3, -0.25) is 93.2 Å². The Morgan fingerprint density at radius 2 is 0.568 bits per heavy atom. The number of Topliss-reactive ketones (excluding diaryl/α,β-unsaturated/α-hetero) is 2. The van der Waals surface area contributed by atoms with Gasteiger partial charge in [-0.15, -0.1) is 0 Å². The Bertz CT molecular complexity index is 6410. The van der Waals surface area contributed by atoms with E-state index in [1.54, 1.807) is 106 Å². The largest absolute Gasteiger partial charge is 0.480 e. The van der Waals surface area contributed by atoms with Gasteiger partial charge in [0.05, 0.1) is 51.2 Å². The van der Waals surface area contributed by atoms with Crippen molar-refractivity contribution in [3.63, 3.8) is 0 Å². The molecule has 1 N–H and O–H groups in total. The Morgan fingerprint density at radius 3 is 0.822 bits per heavy atom. The van der Waals surface area contributed by atoms with Crippen LogP contribution in [0.25, 0.3) is 67.0 Å². The van der Waals surface area contributed by atoms with Crippen LogP contribution in [-0.2, 0) is 167 Å². The molecule has 0 bridgehead atoms. The lowest BCUT2D eigenvalue weighted by Crippen LogP contribution is -2.38. The Kier molecular flexibility index (Phi) is 30.5. The van der Waals surface area contributed by atoms with Crippen molar-refractivity contribution in [1.82, 2.24) is 112 Å². The summed E-state index contributed by atoms with van der Waals surface area (Å²) in [7, 11) is 18.4. The van der Waals surface area contributed by atoms with Gasteiger partial charge in [-0.25, -0.2) is 58.7 Å². The summed E-state index contributed by atoms with van der Waals surface area (Å²) in [6.07, 6.45) is 13.1. The predicted molar refractivity (Wildman–Crippen MR) is 435 cm³/mol. The molecule has 12 aromatic heterocycles. The van der Waals surface area contributed by atoms with Gasteiger partial charge < -0.3 is 56.3 Å². The van der Waals surface area contributed by atoms with Gasteiger partial charge in [0.2, 0.25) is 0 Å². The number of carboxylic acid groups (broad SMARTS) is 1. The van der Waals surface area contributed by atoms with Crippen molar-refractivity contribution in [2.75, 3.05) is 13.2 Å². The SMILES string of the molecule is CC(=O)CCCn1cnc2c1c(=O)n(C)c(=O)n2C.CC(=O)CCCn1cnc2c1c(=S)n(C)c(=O)n2C.CCOC(=O)CCCn1cnc2c1c(=O)n(C)c(=O)n2C.CCOC(=O)CCCn1cnc2c1c(=S)n(C)c(=O)n2C.Cn1c(=O)c2c(ncn2CC(=O)O)n(C)c1=O.Cn1c(=O)c2c(ncn2CC(=O)OC(C)(C)C)n(C)c1=O. The molecule has 118 heavy (non-hydrogen) atoms. The molecule has 0 saturated heterocycles. The molecular weight excluding hydrogens is 1590 g/mol. The molecule has 0 radical (unpaired) electrons. The molecule has 0 aliphatic carbocycles. The van der Waals surface area contributed by atoms with E-state index in [0.717, 1.165) is 35.7 Å². The number of aromatic nitrogens is 24. The van der Waals surface area contributed by atoms with Crippen LogP contribution < -0.4 is 56.4 Å². The molecule has 636 valence electrons. The number of aryl methyl sites for hydroxylation is 10. The van der Waals surface area contributed by atoms with Crippen molar-refractivity contribution in [1.29, 1.82) is 0 Å². The quantitative estimate of drug-likeness (QED) is 0.0537. The lowest BCUT2D eigenvalue weighted by atomic mass is 10.2. The fourth-order valence-corrected chi connectivity index (χ4v) is 12.8. The van der Waals surface area contributed by atoms with Gasteiger partial charge in [-0.1, -0.05) is 24.4 Å². The number of carbonyl (C=O) groups excluding carboxylic acids is 5. The van der Waals surface area contributed by atoms with Gasteiger partial charge in [0, 0.05) is 136 Å². The first-order valence-electron chi connectivity index (χ1n) is 36.7. The minimum Gasteiger partial charge on any atom is -0.480 e. The van der Waals surface area contributed by atoms with Crippen LogP contribution in [0.4, 0.5) is 0 Å². The Balaban J connectivity index is 0.000000196. The molecule has 0 saturated carbocycles. The second-order valence-corrected chi connectivity index (χ2v) is 28.9. The van der Waals surface area contributed by atoms with Gasteiger partial charge in [-0.05, 0) is 74.1 Å². The Labute approximate surface area is 678 Å². The summed E-state index contributed by atoms with van der Waals surface area (Å²) >= 11 is 10.6. The van der Waals surface area contributed by atoms with E-state index >= 15 is 0 Å². The fraction of sp³-hybridized carbons (Fsp3) is 0.500. The Morgan fingerprint density at radius 1 is 0.339 bits per heavy atom. The molecule has 12 aromatic rings. The van der Waals surface area contributed by atoms with Crippen LogP contribution in [0.1, 0.15) is 99.8 Å². The molecule has 46 heteroatoms. The number of carbonyl (C=O) groups is 6. The van der Waals surface area contributed by atoms with Crippen LogP contribution in [-0.4, -0.2) is 171 Å².